The lowest BCUT2D eigenvalue weighted by Crippen LogP contribution is -1.90. The highest BCUT2D eigenvalue weighted by Crippen LogP contribution is 2.25. The average Bonchev–Trinajstić information content (AvgIpc) is 2.65. The number of rotatable bonds is 0. The maximum Gasteiger partial charge on any atom is 0.123 e. The van der Waals surface area contributed by atoms with Crippen molar-refractivity contribution in [3.63, 3.8) is 0 Å². The van der Waals surface area contributed by atoms with Crippen LogP contribution >= 0.6 is 11.3 Å². The van der Waals surface area contributed by atoms with E-state index in [2.05, 4.69) is 37.2 Å². The number of aromatic nitrogens is 1. The van der Waals surface area contributed by atoms with Gasteiger partial charge < -0.3 is 0 Å². The van der Waals surface area contributed by atoms with Gasteiger partial charge in [-0.05, 0) is 43.3 Å². The van der Waals surface area contributed by atoms with Gasteiger partial charge in [-0.25, -0.2) is 4.98 Å². The van der Waals surface area contributed by atoms with Crippen LogP contribution in [0.1, 0.15) is 30.7 Å². The Bertz CT molecular complexity index is 429. The number of pyridine rings is 1. The molecule has 76 valence electrons. The quantitative estimate of drug-likeness (QED) is 0.629. The molecular formula is C12H17NS. The molecule has 14 heavy (non-hydrogen) atoms. The number of hydrogen-bond donors (Lipinski definition) is 0. The van der Waals surface area contributed by atoms with Crippen LogP contribution in [0.4, 0.5) is 0 Å². The molecule has 0 fully saturated rings. The molecule has 0 aliphatic carbocycles. The van der Waals surface area contributed by atoms with Gasteiger partial charge in [0.1, 0.15) is 4.83 Å². The topological polar surface area (TPSA) is 12.9 Å². The van der Waals surface area contributed by atoms with Crippen molar-refractivity contribution in [2.24, 2.45) is 0 Å². The van der Waals surface area contributed by atoms with Crippen LogP contribution in [0.3, 0.4) is 0 Å². The van der Waals surface area contributed by atoms with Crippen molar-refractivity contribution >= 4 is 21.6 Å². The largest absolute Gasteiger partial charge is 0.242 e. The van der Waals surface area contributed by atoms with Crippen LogP contribution in [-0.4, -0.2) is 4.98 Å². The van der Waals surface area contributed by atoms with E-state index in [1.165, 1.54) is 16.5 Å². The molecule has 0 spiro atoms. The molecule has 0 bridgehead atoms. The zero-order chi connectivity index (χ0) is 10.7. The molecule has 0 aliphatic heterocycles. The van der Waals surface area contributed by atoms with Gasteiger partial charge in [0.25, 0.3) is 0 Å². The van der Waals surface area contributed by atoms with Crippen LogP contribution in [0.2, 0.25) is 0 Å². The normalized spacial score (nSPS) is 9.79. The number of thiophene rings is 1. The van der Waals surface area contributed by atoms with Gasteiger partial charge in [0, 0.05) is 11.1 Å². The Morgan fingerprint density at radius 2 is 1.71 bits per heavy atom. The van der Waals surface area contributed by atoms with Gasteiger partial charge >= 0.3 is 0 Å². The fourth-order valence-corrected chi connectivity index (χ4v) is 2.25. The first kappa shape index (κ1) is 11.2. The highest BCUT2D eigenvalue weighted by atomic mass is 32.1. The Kier molecular flexibility index (Phi) is 3.64. The second-order valence-corrected chi connectivity index (χ2v) is 3.98. The minimum absolute atomic E-state index is 1.16. The molecule has 2 heteroatoms. The highest BCUT2D eigenvalue weighted by molar-refractivity contribution is 7.16. The predicted molar refractivity (Wildman–Crippen MR) is 65.2 cm³/mol. The zero-order valence-electron chi connectivity index (χ0n) is 9.51. The van der Waals surface area contributed by atoms with Crippen molar-refractivity contribution in [1.82, 2.24) is 4.98 Å². The summed E-state index contributed by atoms with van der Waals surface area (Å²) in [7, 11) is 0. The summed E-state index contributed by atoms with van der Waals surface area (Å²) in [5.41, 5.74) is 3.85. The van der Waals surface area contributed by atoms with Crippen molar-refractivity contribution < 1.29 is 0 Å². The standard InChI is InChI=1S/C10H11NS.C2H6/c1-6-7(2)9-4-5-12-10(9)11-8(6)3;1-2/h4-5H,1-3H3;1-2H3. The van der Waals surface area contributed by atoms with Gasteiger partial charge in [-0.1, -0.05) is 13.8 Å². The summed E-state index contributed by atoms with van der Waals surface area (Å²) in [6.45, 7) is 10.4. The van der Waals surface area contributed by atoms with E-state index >= 15 is 0 Å². The first-order valence-electron chi connectivity index (χ1n) is 5.01. The molecule has 0 N–H and O–H groups in total. The molecule has 0 unspecified atom stereocenters. The lowest BCUT2D eigenvalue weighted by Gasteiger charge is -2.03. The highest BCUT2D eigenvalue weighted by Gasteiger charge is 2.05. The molecule has 0 saturated carbocycles. The summed E-state index contributed by atoms with van der Waals surface area (Å²) >= 11 is 1.71. The van der Waals surface area contributed by atoms with Crippen LogP contribution < -0.4 is 0 Å². The summed E-state index contributed by atoms with van der Waals surface area (Å²) in [6, 6.07) is 2.15. The first-order chi connectivity index (χ1) is 6.70. The van der Waals surface area contributed by atoms with Gasteiger partial charge in [0.05, 0.1) is 0 Å². The van der Waals surface area contributed by atoms with Gasteiger partial charge in [-0.15, -0.1) is 11.3 Å². The third-order valence-electron chi connectivity index (χ3n) is 2.42. The Labute approximate surface area is 89.8 Å². The number of nitrogens with zero attached hydrogens (tertiary/aromatic N) is 1. The molecule has 0 saturated heterocycles. The van der Waals surface area contributed by atoms with Crippen molar-refractivity contribution in [2.75, 3.05) is 0 Å². The number of fused-ring (bicyclic) bond motifs is 1. The maximum atomic E-state index is 4.51. The van der Waals surface area contributed by atoms with Crippen LogP contribution in [-0.2, 0) is 0 Å². The Morgan fingerprint density at radius 3 is 2.36 bits per heavy atom. The smallest absolute Gasteiger partial charge is 0.123 e. The van der Waals surface area contributed by atoms with E-state index in [1.54, 1.807) is 11.3 Å². The minimum atomic E-state index is 1.16. The molecule has 0 aromatic carbocycles. The third-order valence-corrected chi connectivity index (χ3v) is 3.23. The zero-order valence-corrected chi connectivity index (χ0v) is 10.3. The minimum Gasteiger partial charge on any atom is -0.242 e. The van der Waals surface area contributed by atoms with Crippen LogP contribution in [0, 0.1) is 20.8 Å². The summed E-state index contributed by atoms with van der Waals surface area (Å²) in [6.07, 6.45) is 0. The van der Waals surface area contributed by atoms with E-state index in [0.29, 0.717) is 0 Å². The molecule has 2 rings (SSSR count). The fourth-order valence-electron chi connectivity index (χ4n) is 1.38. The van der Waals surface area contributed by atoms with E-state index in [9.17, 15) is 0 Å². The summed E-state index contributed by atoms with van der Waals surface area (Å²) in [5.74, 6) is 0. The summed E-state index contributed by atoms with van der Waals surface area (Å²) in [5, 5.41) is 3.41. The van der Waals surface area contributed by atoms with Crippen LogP contribution in [0.5, 0.6) is 0 Å². The Balaban J connectivity index is 0.000000461. The molecule has 1 nitrogen and oxygen atoms in total. The van der Waals surface area contributed by atoms with Crippen LogP contribution in [0.25, 0.3) is 10.2 Å². The number of aryl methyl sites for hydroxylation is 2. The van der Waals surface area contributed by atoms with Crippen molar-refractivity contribution in [3.05, 3.63) is 28.3 Å². The predicted octanol–water partition coefficient (Wildman–Crippen LogP) is 4.25. The molecule has 0 radical (unpaired) electrons. The molecule has 2 aromatic rings. The average molecular weight is 207 g/mol. The number of hydrogen-bond acceptors (Lipinski definition) is 2. The van der Waals surface area contributed by atoms with E-state index in [1.807, 2.05) is 13.8 Å². The van der Waals surface area contributed by atoms with E-state index in [0.717, 1.165) is 10.5 Å². The first-order valence-corrected chi connectivity index (χ1v) is 5.89. The summed E-state index contributed by atoms with van der Waals surface area (Å²) in [4.78, 5) is 5.68. The molecule has 2 aromatic heterocycles. The lowest BCUT2D eigenvalue weighted by molar-refractivity contribution is 1.18. The molecule has 0 amide bonds. The van der Waals surface area contributed by atoms with Crippen LogP contribution in [0.15, 0.2) is 11.4 Å². The van der Waals surface area contributed by atoms with Gasteiger partial charge in [-0.2, -0.15) is 0 Å². The van der Waals surface area contributed by atoms with E-state index < -0.39 is 0 Å². The van der Waals surface area contributed by atoms with E-state index in [-0.39, 0.29) is 0 Å². The molecule has 0 aliphatic rings. The molecule has 0 atom stereocenters. The van der Waals surface area contributed by atoms with Gasteiger partial charge in [0.15, 0.2) is 0 Å². The Morgan fingerprint density at radius 1 is 1.07 bits per heavy atom. The SMILES string of the molecule is CC.Cc1nc2sccc2c(C)c1C. The fraction of sp³-hybridized carbons (Fsp3) is 0.417. The molecular weight excluding hydrogens is 190 g/mol. The summed E-state index contributed by atoms with van der Waals surface area (Å²) < 4.78 is 0. The van der Waals surface area contributed by atoms with Gasteiger partial charge in [0.2, 0.25) is 0 Å². The van der Waals surface area contributed by atoms with Crippen molar-refractivity contribution in [3.8, 4) is 0 Å². The van der Waals surface area contributed by atoms with E-state index in [4.69, 9.17) is 0 Å². The lowest BCUT2D eigenvalue weighted by atomic mass is 10.1. The molecule has 2 heterocycles. The second-order valence-electron chi connectivity index (χ2n) is 3.09. The second kappa shape index (κ2) is 4.56. The Hall–Kier alpha value is -0.890. The van der Waals surface area contributed by atoms with Crippen molar-refractivity contribution in [1.29, 1.82) is 0 Å². The van der Waals surface area contributed by atoms with Crippen molar-refractivity contribution in [2.45, 2.75) is 34.6 Å². The van der Waals surface area contributed by atoms with Gasteiger partial charge in [-0.3, -0.25) is 0 Å². The monoisotopic (exact) mass is 207 g/mol. The maximum absolute atomic E-state index is 4.51. The third kappa shape index (κ3) is 1.80.